The molecule has 2 unspecified atom stereocenters. The van der Waals surface area contributed by atoms with Gasteiger partial charge in [0.15, 0.2) is 0 Å². The molecule has 1 aliphatic rings. The summed E-state index contributed by atoms with van der Waals surface area (Å²) in [6.45, 7) is 2.85. The van der Waals surface area contributed by atoms with E-state index in [1.807, 2.05) is 30.3 Å². The van der Waals surface area contributed by atoms with Gasteiger partial charge in [-0.3, -0.25) is 10.1 Å². The van der Waals surface area contributed by atoms with Crippen molar-refractivity contribution in [3.63, 3.8) is 0 Å². The minimum absolute atomic E-state index is 0.0682. The van der Waals surface area contributed by atoms with E-state index < -0.39 is 6.09 Å². The van der Waals surface area contributed by atoms with E-state index in [9.17, 15) is 9.59 Å². The summed E-state index contributed by atoms with van der Waals surface area (Å²) >= 11 is 0. The first-order chi connectivity index (χ1) is 10.7. The SMILES string of the molecule is CCOC(=O)C1CCC(CNC(=O)OCc2ccccc2)N1. The van der Waals surface area contributed by atoms with E-state index in [0.29, 0.717) is 13.2 Å². The van der Waals surface area contributed by atoms with Gasteiger partial charge in [0.2, 0.25) is 0 Å². The number of carbonyl (C=O) groups is 2. The maximum atomic E-state index is 11.6. The zero-order chi connectivity index (χ0) is 15.8. The normalized spacial score (nSPS) is 20.4. The molecule has 0 bridgehead atoms. The quantitative estimate of drug-likeness (QED) is 0.781. The predicted octanol–water partition coefficient (Wildman–Crippen LogP) is 1.60. The number of esters is 1. The molecule has 0 spiro atoms. The lowest BCUT2D eigenvalue weighted by atomic mass is 10.2. The Labute approximate surface area is 130 Å². The first kappa shape index (κ1) is 16.3. The summed E-state index contributed by atoms with van der Waals surface area (Å²) in [5.41, 5.74) is 0.944. The number of benzene rings is 1. The number of ether oxygens (including phenoxy) is 2. The summed E-state index contributed by atoms with van der Waals surface area (Å²) in [4.78, 5) is 23.2. The van der Waals surface area contributed by atoms with E-state index >= 15 is 0 Å². The number of nitrogens with one attached hydrogen (secondary N) is 2. The van der Waals surface area contributed by atoms with Crippen molar-refractivity contribution in [2.24, 2.45) is 0 Å². The van der Waals surface area contributed by atoms with Crippen molar-refractivity contribution >= 4 is 12.1 Å². The molecule has 6 nitrogen and oxygen atoms in total. The third kappa shape index (κ3) is 5.04. The highest BCUT2D eigenvalue weighted by Crippen LogP contribution is 2.13. The lowest BCUT2D eigenvalue weighted by Gasteiger charge is -2.14. The molecule has 2 rings (SSSR count). The van der Waals surface area contributed by atoms with E-state index in [0.717, 1.165) is 18.4 Å². The minimum Gasteiger partial charge on any atom is -0.465 e. The van der Waals surface area contributed by atoms with E-state index in [1.165, 1.54) is 0 Å². The van der Waals surface area contributed by atoms with Crippen molar-refractivity contribution in [1.29, 1.82) is 0 Å². The van der Waals surface area contributed by atoms with Crippen LogP contribution in [-0.2, 0) is 20.9 Å². The van der Waals surface area contributed by atoms with E-state index in [1.54, 1.807) is 6.92 Å². The van der Waals surface area contributed by atoms with Gasteiger partial charge in [0.05, 0.1) is 6.61 Å². The van der Waals surface area contributed by atoms with E-state index in [2.05, 4.69) is 10.6 Å². The topological polar surface area (TPSA) is 76.7 Å². The van der Waals surface area contributed by atoms with Crippen LogP contribution in [0.5, 0.6) is 0 Å². The number of hydrogen-bond donors (Lipinski definition) is 2. The maximum Gasteiger partial charge on any atom is 0.407 e. The van der Waals surface area contributed by atoms with Gasteiger partial charge in [-0.05, 0) is 25.3 Å². The van der Waals surface area contributed by atoms with Crippen LogP contribution in [0.25, 0.3) is 0 Å². The smallest absolute Gasteiger partial charge is 0.407 e. The van der Waals surface area contributed by atoms with Gasteiger partial charge >= 0.3 is 12.1 Å². The highest BCUT2D eigenvalue weighted by atomic mass is 16.5. The molecule has 120 valence electrons. The molecule has 1 fully saturated rings. The Kier molecular flexibility index (Phi) is 6.21. The molecule has 2 atom stereocenters. The highest BCUT2D eigenvalue weighted by molar-refractivity contribution is 5.76. The molecule has 0 saturated carbocycles. The second-order valence-corrected chi connectivity index (χ2v) is 5.19. The van der Waals surface area contributed by atoms with Gasteiger partial charge in [-0.15, -0.1) is 0 Å². The Hall–Kier alpha value is -2.08. The Morgan fingerprint density at radius 1 is 1.23 bits per heavy atom. The third-order valence-electron chi connectivity index (χ3n) is 3.52. The number of carbonyl (C=O) groups excluding carboxylic acids is 2. The van der Waals surface area contributed by atoms with Crippen LogP contribution in [0.2, 0.25) is 0 Å². The minimum atomic E-state index is -0.453. The summed E-state index contributed by atoms with van der Waals surface area (Å²) in [6.07, 6.45) is 1.09. The molecule has 1 aromatic carbocycles. The van der Waals surface area contributed by atoms with Crippen LogP contribution < -0.4 is 10.6 Å². The van der Waals surface area contributed by atoms with Crippen molar-refractivity contribution in [2.75, 3.05) is 13.2 Å². The number of rotatable bonds is 6. The van der Waals surface area contributed by atoms with Gasteiger partial charge in [0.25, 0.3) is 0 Å². The van der Waals surface area contributed by atoms with Crippen molar-refractivity contribution in [1.82, 2.24) is 10.6 Å². The molecule has 1 saturated heterocycles. The fourth-order valence-corrected chi connectivity index (χ4v) is 2.39. The van der Waals surface area contributed by atoms with Crippen molar-refractivity contribution in [2.45, 2.75) is 38.5 Å². The zero-order valence-electron chi connectivity index (χ0n) is 12.7. The molecule has 22 heavy (non-hydrogen) atoms. The van der Waals surface area contributed by atoms with Crippen molar-refractivity contribution in [3.05, 3.63) is 35.9 Å². The Morgan fingerprint density at radius 2 is 2.00 bits per heavy atom. The molecular formula is C16H22N2O4. The van der Waals surface area contributed by atoms with Gasteiger partial charge in [-0.1, -0.05) is 30.3 Å². The monoisotopic (exact) mass is 306 g/mol. The molecule has 1 amide bonds. The van der Waals surface area contributed by atoms with Crippen LogP contribution >= 0.6 is 0 Å². The maximum absolute atomic E-state index is 11.6. The third-order valence-corrected chi connectivity index (χ3v) is 3.52. The lowest BCUT2D eigenvalue weighted by Crippen LogP contribution is -2.42. The number of amides is 1. The number of hydrogen-bond acceptors (Lipinski definition) is 5. The summed E-state index contributed by atoms with van der Waals surface area (Å²) in [6, 6.07) is 9.30. The van der Waals surface area contributed by atoms with E-state index in [4.69, 9.17) is 9.47 Å². The van der Waals surface area contributed by atoms with E-state index in [-0.39, 0.29) is 24.7 Å². The summed E-state index contributed by atoms with van der Waals surface area (Å²) in [5, 5.41) is 5.87. The van der Waals surface area contributed by atoms with Gasteiger partial charge in [0.1, 0.15) is 12.6 Å². The van der Waals surface area contributed by atoms with Gasteiger partial charge in [-0.25, -0.2) is 4.79 Å². The first-order valence-corrected chi connectivity index (χ1v) is 7.56. The molecule has 6 heteroatoms. The highest BCUT2D eigenvalue weighted by Gasteiger charge is 2.30. The molecule has 2 N–H and O–H groups in total. The number of alkyl carbamates (subject to hydrolysis) is 1. The first-order valence-electron chi connectivity index (χ1n) is 7.56. The lowest BCUT2D eigenvalue weighted by molar-refractivity contribution is -0.145. The van der Waals surface area contributed by atoms with Crippen LogP contribution in [0.15, 0.2) is 30.3 Å². The average molecular weight is 306 g/mol. The Balaban J connectivity index is 1.64. The van der Waals surface area contributed by atoms with Gasteiger partial charge < -0.3 is 14.8 Å². The Morgan fingerprint density at radius 3 is 2.73 bits per heavy atom. The summed E-state index contributed by atoms with van der Waals surface area (Å²) in [7, 11) is 0. The fourth-order valence-electron chi connectivity index (χ4n) is 2.39. The summed E-state index contributed by atoms with van der Waals surface area (Å²) in [5.74, 6) is -0.225. The fraction of sp³-hybridized carbons (Fsp3) is 0.500. The van der Waals surface area contributed by atoms with Crippen LogP contribution in [0.4, 0.5) is 4.79 Å². The molecular weight excluding hydrogens is 284 g/mol. The summed E-state index contributed by atoms with van der Waals surface area (Å²) < 4.78 is 10.1. The predicted molar refractivity (Wildman–Crippen MR) is 81.2 cm³/mol. The largest absolute Gasteiger partial charge is 0.465 e. The van der Waals surface area contributed by atoms with Gasteiger partial charge in [0, 0.05) is 12.6 Å². The van der Waals surface area contributed by atoms with Gasteiger partial charge in [-0.2, -0.15) is 0 Å². The molecule has 0 aliphatic carbocycles. The molecule has 0 aromatic heterocycles. The van der Waals surface area contributed by atoms with Crippen LogP contribution in [-0.4, -0.2) is 37.3 Å². The zero-order valence-corrected chi connectivity index (χ0v) is 12.7. The van der Waals surface area contributed by atoms with Crippen LogP contribution in [0.1, 0.15) is 25.3 Å². The van der Waals surface area contributed by atoms with Crippen molar-refractivity contribution in [3.8, 4) is 0 Å². The molecule has 1 heterocycles. The average Bonchev–Trinajstić information content (AvgIpc) is 3.01. The second-order valence-electron chi connectivity index (χ2n) is 5.19. The molecule has 1 aromatic rings. The molecule has 0 radical (unpaired) electrons. The Bertz CT molecular complexity index is 492. The molecule has 1 aliphatic heterocycles. The van der Waals surface area contributed by atoms with Crippen LogP contribution in [0, 0.1) is 0 Å². The standard InChI is InChI=1S/C16H22N2O4/c1-2-21-15(19)14-9-8-13(18-14)10-17-16(20)22-11-12-6-4-3-5-7-12/h3-7,13-14,18H,2,8-11H2,1H3,(H,17,20). The van der Waals surface area contributed by atoms with Crippen molar-refractivity contribution < 1.29 is 19.1 Å². The second kappa shape index (κ2) is 8.38. The van der Waals surface area contributed by atoms with Crippen LogP contribution in [0.3, 0.4) is 0 Å².